The number of para-hydroxylation sites is 6. The van der Waals surface area contributed by atoms with Crippen LogP contribution in [0.1, 0.15) is 47.2 Å². The summed E-state index contributed by atoms with van der Waals surface area (Å²) in [5, 5.41) is 89.4. The van der Waals surface area contributed by atoms with Crippen LogP contribution in [0.3, 0.4) is 0 Å². The topological polar surface area (TPSA) is 334 Å². The molecule has 1 radical (unpaired) electrons. The van der Waals surface area contributed by atoms with E-state index >= 15 is 0 Å². The van der Waals surface area contributed by atoms with Crippen LogP contribution >= 0.6 is 0 Å². The van der Waals surface area contributed by atoms with Crippen LogP contribution in [0, 0.1) is 66.1 Å². The maximum Gasteiger partial charge on any atom is 3.00 e. The Hall–Kier alpha value is -7.50. The molecule has 6 aromatic rings. The fourth-order valence-corrected chi connectivity index (χ4v) is 7.26. The SMILES string of the molecule is COc1cccc(C=NCC(C)(CN=Cc2cccc(OC)c2[O-])CN=Cc2cccc(OC)c2[O-])c1[O-].COc1cccc(C=NCC(C)(CN=Cc2cccc(OC)c2[O-])CN=Cc2cccc(OC)c2[O-])c1[O-].O=[N+]([O-])[O-].[Gd+2].[Mn+2].[Mn+3]. The Kier molecular flexibility index (Phi) is 33.3. The van der Waals surface area contributed by atoms with Crippen LogP contribution in [0.4, 0.5) is 0 Å². The smallest absolute Gasteiger partial charge is 0.870 e. The Labute approximate surface area is 534 Å². The van der Waals surface area contributed by atoms with Crippen molar-refractivity contribution in [3.05, 3.63) is 158 Å². The molecule has 0 fully saturated rings. The van der Waals surface area contributed by atoms with E-state index in [2.05, 4.69) is 30.0 Å². The standard InChI is InChI=1S/2C29H33N3O6.Gd.2Mn.NO3/c2*1-29(17-30-14-20-8-5-11-23(36-2)26(20)33,18-31-15-21-9-6-12-24(37-3)27(21)34)19-32-16-22-10-7-13-25(38-4)28(22)35;;;;2-1(3)4/h2*5-16,33-35H,17-19H2,1-4H3;;;;/q;;2*+2;+3;-1/p-6. The van der Waals surface area contributed by atoms with Crippen LogP contribution in [0.25, 0.3) is 0 Å². The van der Waals surface area contributed by atoms with Gasteiger partial charge in [0.05, 0.1) is 47.7 Å². The molecule has 25 heteroatoms. The van der Waals surface area contributed by atoms with Gasteiger partial charge in [0, 0.05) is 87.4 Å². The molecule has 83 heavy (non-hydrogen) atoms. The second-order valence-corrected chi connectivity index (χ2v) is 17.9. The molecule has 0 aliphatic heterocycles. The molecule has 0 aliphatic rings. The zero-order valence-corrected chi connectivity index (χ0v) is 51.1. The Balaban J connectivity index is 0.000000754. The summed E-state index contributed by atoms with van der Waals surface area (Å²) in [5.74, 6) is -0.0677. The predicted octanol–water partition coefficient (Wildman–Crippen LogP) is 4.95. The fraction of sp³-hybridized carbons (Fsp3) is 0.276. The summed E-state index contributed by atoms with van der Waals surface area (Å²) in [5.41, 5.74) is 1.23. The Morgan fingerprint density at radius 3 is 0.614 bits per heavy atom. The van der Waals surface area contributed by atoms with Crippen LogP contribution in [0.15, 0.2) is 139 Å². The van der Waals surface area contributed by atoms with E-state index < -0.39 is 15.9 Å². The average Bonchev–Trinajstić information content (AvgIpc) is 3.45. The van der Waals surface area contributed by atoms with E-state index in [0.29, 0.717) is 33.4 Å². The van der Waals surface area contributed by atoms with Crippen molar-refractivity contribution in [2.24, 2.45) is 40.8 Å². The molecule has 6 aromatic carbocycles. The molecule has 0 amide bonds. The first-order valence-corrected chi connectivity index (χ1v) is 24.2. The molecule has 0 atom stereocenters. The Morgan fingerprint density at radius 2 is 0.494 bits per heavy atom. The van der Waals surface area contributed by atoms with E-state index in [4.69, 9.17) is 43.7 Å². The van der Waals surface area contributed by atoms with Gasteiger partial charge in [-0.1, -0.05) is 121 Å². The Morgan fingerprint density at radius 1 is 0.361 bits per heavy atom. The van der Waals surface area contributed by atoms with Gasteiger partial charge < -0.3 is 74.4 Å². The number of hydrogen-bond acceptors (Lipinski definition) is 21. The molecule has 0 aliphatic carbocycles. The first-order chi connectivity index (χ1) is 38.4. The van der Waals surface area contributed by atoms with Crippen molar-refractivity contribution in [3.63, 3.8) is 0 Å². The van der Waals surface area contributed by atoms with Crippen molar-refractivity contribution < 1.29 is 138 Å². The summed E-state index contributed by atoms with van der Waals surface area (Å²) in [6, 6.07) is 29.9. The van der Waals surface area contributed by atoms with Crippen molar-refractivity contribution in [2.45, 2.75) is 13.8 Å². The third-order valence-corrected chi connectivity index (χ3v) is 11.6. The summed E-state index contributed by atoms with van der Waals surface area (Å²) in [4.78, 5) is 35.2. The van der Waals surface area contributed by atoms with Crippen molar-refractivity contribution in [2.75, 3.05) is 81.9 Å². The fourth-order valence-electron chi connectivity index (χ4n) is 7.26. The third kappa shape index (κ3) is 23.0. The molecule has 0 unspecified atom stereocenters. The molecule has 0 bridgehead atoms. The van der Waals surface area contributed by atoms with Gasteiger partial charge in [-0.25, -0.2) is 0 Å². The van der Waals surface area contributed by atoms with Gasteiger partial charge in [0.2, 0.25) is 0 Å². The normalized spacial score (nSPS) is 12.4. The average molecular weight is 1360 g/mol. The molecular formula is C58H60GdMn2N7O15. The maximum atomic E-state index is 12.4. The molecule has 0 heterocycles. The van der Waals surface area contributed by atoms with Crippen molar-refractivity contribution in [1.82, 2.24) is 0 Å². The third-order valence-electron chi connectivity index (χ3n) is 11.6. The Bertz CT molecular complexity index is 2660. The largest absolute Gasteiger partial charge is 3.00 e. The van der Waals surface area contributed by atoms with Crippen LogP contribution in [0.5, 0.6) is 69.0 Å². The number of methoxy groups -OCH3 is 6. The summed E-state index contributed by atoms with van der Waals surface area (Å²) >= 11 is 0. The summed E-state index contributed by atoms with van der Waals surface area (Å²) in [7, 11) is 8.64. The van der Waals surface area contributed by atoms with Gasteiger partial charge in [0.15, 0.2) is 0 Å². The van der Waals surface area contributed by atoms with Crippen molar-refractivity contribution >= 4 is 37.3 Å². The van der Waals surface area contributed by atoms with E-state index in [-0.39, 0.29) is 182 Å². The molecule has 0 saturated heterocycles. The minimum absolute atomic E-state index is 0. The molecule has 0 N–H and O–H groups in total. The molecule has 6 rings (SSSR count). The van der Waals surface area contributed by atoms with E-state index in [0.717, 1.165) is 0 Å². The second-order valence-electron chi connectivity index (χ2n) is 17.9. The first-order valence-electron chi connectivity index (χ1n) is 24.2. The quantitative estimate of drug-likeness (QED) is 0.0335. The zero-order chi connectivity index (χ0) is 58.7. The van der Waals surface area contributed by atoms with Gasteiger partial charge in [0.25, 0.3) is 0 Å². The van der Waals surface area contributed by atoms with E-state index in [1.165, 1.54) is 79.9 Å². The molecule has 22 nitrogen and oxygen atoms in total. The first kappa shape index (κ1) is 73.5. The number of aliphatic imine (C=N–C) groups is 6. The molecule has 0 aromatic heterocycles. The predicted molar refractivity (Wildman–Crippen MR) is 296 cm³/mol. The number of benzene rings is 6. The van der Waals surface area contributed by atoms with Gasteiger partial charge in [-0.15, -0.1) is 0 Å². The van der Waals surface area contributed by atoms with Crippen LogP contribution < -0.4 is 59.1 Å². The monoisotopic (exact) mass is 1360 g/mol. The molecule has 0 saturated carbocycles. The second kappa shape index (κ2) is 37.6. The summed E-state index contributed by atoms with van der Waals surface area (Å²) < 4.78 is 30.6. The van der Waals surface area contributed by atoms with Crippen LogP contribution in [-0.4, -0.2) is 124 Å². The number of nitrogens with zero attached hydrogens (tertiary/aromatic N) is 7. The molecule has 0 spiro atoms. The van der Waals surface area contributed by atoms with Crippen LogP contribution in [0.2, 0.25) is 0 Å². The van der Waals surface area contributed by atoms with Gasteiger partial charge in [0.1, 0.15) is 34.5 Å². The molecular weight excluding hydrogens is 1300 g/mol. The number of rotatable bonds is 24. The van der Waals surface area contributed by atoms with Gasteiger partial charge in [-0.3, -0.25) is 30.0 Å². The van der Waals surface area contributed by atoms with E-state index in [1.54, 1.807) is 109 Å². The number of hydrogen-bond donors (Lipinski definition) is 0. The summed E-state index contributed by atoms with van der Waals surface area (Å²) in [6.45, 7) is 5.57. The minimum Gasteiger partial charge on any atom is -0.870 e. The zero-order valence-electron chi connectivity index (χ0n) is 46.5. The van der Waals surface area contributed by atoms with Crippen LogP contribution in [-0.2, 0) is 34.1 Å². The van der Waals surface area contributed by atoms with Gasteiger partial charge in [-0.2, -0.15) is 0 Å². The van der Waals surface area contributed by atoms with Crippen molar-refractivity contribution in [3.8, 4) is 69.0 Å². The van der Waals surface area contributed by atoms with Crippen molar-refractivity contribution in [1.29, 1.82) is 0 Å². The minimum atomic E-state index is -1.75. The summed E-state index contributed by atoms with van der Waals surface area (Å²) in [6.07, 6.45) is 9.04. The maximum absolute atomic E-state index is 12.4. The van der Waals surface area contributed by atoms with Gasteiger partial charge in [-0.05, 0) is 69.8 Å². The molecule has 439 valence electrons. The van der Waals surface area contributed by atoms with E-state index in [1.807, 2.05) is 13.8 Å². The van der Waals surface area contributed by atoms with E-state index in [9.17, 15) is 30.6 Å². The van der Waals surface area contributed by atoms with Gasteiger partial charge >= 0.3 is 74.1 Å². The number of ether oxygens (including phenoxy) is 6.